The molecule has 1 aromatic heterocycles. The number of nitrogens with zero attached hydrogens (tertiary/aromatic N) is 1. The number of amides is 1. The van der Waals surface area contributed by atoms with E-state index in [1.165, 1.54) is 0 Å². The summed E-state index contributed by atoms with van der Waals surface area (Å²) >= 11 is 0. The van der Waals surface area contributed by atoms with Gasteiger partial charge in [-0.3, -0.25) is 9.78 Å². The highest BCUT2D eigenvalue weighted by Crippen LogP contribution is 2.29. The van der Waals surface area contributed by atoms with Gasteiger partial charge in [-0.2, -0.15) is 0 Å². The van der Waals surface area contributed by atoms with E-state index in [1.807, 2.05) is 30.3 Å². The highest BCUT2D eigenvalue weighted by molar-refractivity contribution is 5.93. The first kappa shape index (κ1) is 14.3. The van der Waals surface area contributed by atoms with Crippen LogP contribution in [0.2, 0.25) is 0 Å². The Balaban J connectivity index is 2.13. The third-order valence-electron chi connectivity index (χ3n) is 3.10. The molecule has 0 fully saturated rings. The zero-order valence-electron chi connectivity index (χ0n) is 12.2. The summed E-state index contributed by atoms with van der Waals surface area (Å²) < 4.78 is 0. The highest BCUT2D eigenvalue weighted by atomic mass is 16.1. The normalized spacial score (nSPS) is 11.2. The number of aromatic nitrogens is 1. The number of hydrogen-bond donors (Lipinski definition) is 1. The monoisotopic (exact) mass is 268 g/mol. The number of rotatable bonds is 3. The van der Waals surface area contributed by atoms with Crippen molar-refractivity contribution < 1.29 is 4.79 Å². The van der Waals surface area contributed by atoms with Crippen LogP contribution < -0.4 is 5.32 Å². The second kappa shape index (κ2) is 5.87. The maximum atomic E-state index is 12.1. The molecule has 2 rings (SSSR count). The van der Waals surface area contributed by atoms with Crippen LogP contribution in [0.15, 0.2) is 48.8 Å². The standard InChI is InChI=1S/C17H20N2O/c1-17(2,3)14-8-4-5-9-15(14)19-16(20)11-13-7-6-10-18-12-13/h4-10,12H,11H2,1-3H3,(H,19,20). The van der Waals surface area contributed by atoms with Crippen molar-refractivity contribution in [3.63, 3.8) is 0 Å². The van der Waals surface area contributed by atoms with Gasteiger partial charge in [0.2, 0.25) is 5.91 Å². The summed E-state index contributed by atoms with van der Waals surface area (Å²) in [7, 11) is 0. The van der Waals surface area contributed by atoms with E-state index in [0.29, 0.717) is 6.42 Å². The van der Waals surface area contributed by atoms with Crippen molar-refractivity contribution in [2.75, 3.05) is 5.32 Å². The maximum Gasteiger partial charge on any atom is 0.228 e. The van der Waals surface area contributed by atoms with Crippen molar-refractivity contribution >= 4 is 11.6 Å². The predicted octanol–water partition coefficient (Wildman–Crippen LogP) is 3.56. The molecule has 0 spiro atoms. The molecule has 0 aliphatic heterocycles. The van der Waals surface area contributed by atoms with Gasteiger partial charge in [0.1, 0.15) is 0 Å². The molecule has 0 saturated heterocycles. The SMILES string of the molecule is CC(C)(C)c1ccccc1NC(=O)Cc1cccnc1. The molecule has 1 N–H and O–H groups in total. The Morgan fingerprint density at radius 2 is 1.90 bits per heavy atom. The topological polar surface area (TPSA) is 42.0 Å². The van der Waals surface area contributed by atoms with Crippen LogP contribution in [-0.2, 0) is 16.6 Å². The summed E-state index contributed by atoms with van der Waals surface area (Å²) in [6.07, 6.45) is 3.76. The highest BCUT2D eigenvalue weighted by Gasteiger charge is 2.18. The molecule has 0 radical (unpaired) electrons. The quantitative estimate of drug-likeness (QED) is 0.924. The molecule has 0 aliphatic rings. The fourth-order valence-corrected chi connectivity index (χ4v) is 2.13. The number of carbonyl (C=O) groups is 1. The minimum atomic E-state index is -0.0188. The van der Waals surface area contributed by atoms with Crippen LogP contribution in [0.1, 0.15) is 31.9 Å². The molecule has 20 heavy (non-hydrogen) atoms. The van der Waals surface area contributed by atoms with Crippen molar-refractivity contribution in [3.8, 4) is 0 Å². The molecule has 1 heterocycles. The van der Waals surface area contributed by atoms with E-state index in [4.69, 9.17) is 0 Å². The summed E-state index contributed by atoms with van der Waals surface area (Å²) in [6, 6.07) is 11.7. The van der Waals surface area contributed by atoms with E-state index >= 15 is 0 Å². The molecular formula is C17H20N2O. The fourth-order valence-electron chi connectivity index (χ4n) is 2.13. The van der Waals surface area contributed by atoms with Crippen LogP contribution in [0, 0.1) is 0 Å². The molecule has 0 saturated carbocycles. The lowest BCUT2D eigenvalue weighted by molar-refractivity contribution is -0.115. The maximum absolute atomic E-state index is 12.1. The zero-order valence-corrected chi connectivity index (χ0v) is 12.2. The molecule has 0 atom stereocenters. The van der Waals surface area contributed by atoms with Gasteiger partial charge in [0.25, 0.3) is 0 Å². The number of hydrogen-bond acceptors (Lipinski definition) is 2. The Kier molecular flexibility index (Phi) is 4.18. The Morgan fingerprint density at radius 3 is 2.55 bits per heavy atom. The molecule has 3 nitrogen and oxygen atoms in total. The summed E-state index contributed by atoms with van der Waals surface area (Å²) in [5.74, 6) is -0.0188. The molecule has 0 aliphatic carbocycles. The lowest BCUT2D eigenvalue weighted by atomic mass is 9.86. The molecular weight excluding hydrogens is 248 g/mol. The first-order valence-electron chi connectivity index (χ1n) is 6.75. The van der Waals surface area contributed by atoms with Gasteiger partial charge in [0, 0.05) is 18.1 Å². The number of para-hydroxylation sites is 1. The summed E-state index contributed by atoms with van der Waals surface area (Å²) in [6.45, 7) is 6.41. The van der Waals surface area contributed by atoms with Crippen molar-refractivity contribution in [3.05, 3.63) is 59.9 Å². The van der Waals surface area contributed by atoms with Crippen LogP contribution in [0.25, 0.3) is 0 Å². The Bertz CT molecular complexity index is 585. The van der Waals surface area contributed by atoms with Crippen LogP contribution in [-0.4, -0.2) is 10.9 Å². The zero-order chi connectivity index (χ0) is 14.6. The molecule has 0 bridgehead atoms. The third-order valence-corrected chi connectivity index (χ3v) is 3.10. The number of nitrogens with one attached hydrogen (secondary N) is 1. The van der Waals surface area contributed by atoms with Crippen molar-refractivity contribution in [2.45, 2.75) is 32.6 Å². The molecule has 1 aromatic carbocycles. The fraction of sp³-hybridized carbons (Fsp3) is 0.294. The Labute approximate surface area is 120 Å². The van der Waals surface area contributed by atoms with Crippen molar-refractivity contribution in [1.29, 1.82) is 0 Å². The van der Waals surface area contributed by atoms with E-state index in [0.717, 1.165) is 16.8 Å². The molecule has 0 unspecified atom stereocenters. The number of carbonyl (C=O) groups excluding carboxylic acids is 1. The van der Waals surface area contributed by atoms with Crippen LogP contribution >= 0.6 is 0 Å². The van der Waals surface area contributed by atoms with Crippen LogP contribution in [0.3, 0.4) is 0 Å². The van der Waals surface area contributed by atoms with E-state index in [-0.39, 0.29) is 11.3 Å². The predicted molar refractivity (Wildman–Crippen MR) is 81.7 cm³/mol. The lowest BCUT2D eigenvalue weighted by Gasteiger charge is -2.23. The Hall–Kier alpha value is -2.16. The molecule has 1 amide bonds. The van der Waals surface area contributed by atoms with Gasteiger partial charge in [0.05, 0.1) is 6.42 Å². The van der Waals surface area contributed by atoms with Gasteiger partial charge in [-0.05, 0) is 28.7 Å². The summed E-state index contributed by atoms with van der Waals surface area (Å²) in [5.41, 5.74) is 2.93. The third kappa shape index (κ3) is 3.67. The van der Waals surface area contributed by atoms with Gasteiger partial charge in [-0.1, -0.05) is 45.0 Å². The van der Waals surface area contributed by atoms with E-state index < -0.39 is 0 Å². The smallest absolute Gasteiger partial charge is 0.228 e. The first-order chi connectivity index (χ1) is 9.47. The summed E-state index contributed by atoms with van der Waals surface area (Å²) in [5, 5.41) is 3.00. The van der Waals surface area contributed by atoms with Gasteiger partial charge >= 0.3 is 0 Å². The Morgan fingerprint density at radius 1 is 1.15 bits per heavy atom. The van der Waals surface area contributed by atoms with Crippen molar-refractivity contribution in [1.82, 2.24) is 4.98 Å². The van der Waals surface area contributed by atoms with Gasteiger partial charge in [-0.15, -0.1) is 0 Å². The van der Waals surface area contributed by atoms with Gasteiger partial charge < -0.3 is 5.32 Å². The number of anilines is 1. The average Bonchev–Trinajstić information content (AvgIpc) is 2.39. The minimum Gasteiger partial charge on any atom is -0.326 e. The van der Waals surface area contributed by atoms with Crippen LogP contribution in [0.4, 0.5) is 5.69 Å². The number of pyridine rings is 1. The molecule has 104 valence electrons. The second-order valence-electron chi connectivity index (χ2n) is 5.88. The van der Waals surface area contributed by atoms with E-state index in [9.17, 15) is 4.79 Å². The second-order valence-corrected chi connectivity index (χ2v) is 5.88. The van der Waals surface area contributed by atoms with E-state index in [1.54, 1.807) is 12.4 Å². The first-order valence-corrected chi connectivity index (χ1v) is 6.75. The average molecular weight is 268 g/mol. The minimum absolute atomic E-state index is 0.00181. The van der Waals surface area contributed by atoms with E-state index in [2.05, 4.69) is 37.1 Å². The van der Waals surface area contributed by atoms with Crippen LogP contribution in [0.5, 0.6) is 0 Å². The van der Waals surface area contributed by atoms with Gasteiger partial charge in [-0.25, -0.2) is 0 Å². The summed E-state index contributed by atoms with van der Waals surface area (Å²) in [4.78, 5) is 16.1. The van der Waals surface area contributed by atoms with Crippen molar-refractivity contribution in [2.24, 2.45) is 0 Å². The number of benzene rings is 1. The largest absolute Gasteiger partial charge is 0.326 e. The lowest BCUT2D eigenvalue weighted by Crippen LogP contribution is -2.19. The molecule has 3 heteroatoms. The molecule has 2 aromatic rings. The van der Waals surface area contributed by atoms with Gasteiger partial charge in [0.15, 0.2) is 0 Å².